The molecule has 0 aliphatic rings. The van der Waals surface area contributed by atoms with Crippen molar-refractivity contribution in [2.45, 2.75) is 32.9 Å². The van der Waals surface area contributed by atoms with Crippen LogP contribution in [0.1, 0.15) is 26.5 Å². The second-order valence-corrected chi connectivity index (χ2v) is 4.92. The van der Waals surface area contributed by atoms with Gasteiger partial charge in [0.25, 0.3) is 0 Å². The van der Waals surface area contributed by atoms with Crippen LogP contribution in [0.5, 0.6) is 0 Å². The van der Waals surface area contributed by atoms with Crippen molar-refractivity contribution < 1.29 is 4.84 Å². The highest BCUT2D eigenvalue weighted by Gasteiger charge is 2.09. The van der Waals surface area contributed by atoms with Gasteiger partial charge in [-0.15, -0.1) is 0 Å². The number of nitrogens with one attached hydrogen (secondary N) is 1. The van der Waals surface area contributed by atoms with Gasteiger partial charge >= 0.3 is 0 Å². The summed E-state index contributed by atoms with van der Waals surface area (Å²) in [5.41, 5.74) is 3.67. The fraction of sp³-hybridized carbons (Fsp3) is 0.500. The van der Waals surface area contributed by atoms with Crippen molar-refractivity contribution in [1.29, 1.82) is 0 Å². The fourth-order valence-corrected chi connectivity index (χ4v) is 1.07. The van der Waals surface area contributed by atoms with Crippen molar-refractivity contribution in [3.05, 3.63) is 28.5 Å². The molecule has 0 bridgehead atoms. The molecule has 0 atom stereocenters. The highest BCUT2D eigenvalue weighted by Crippen LogP contribution is 2.08. The molecule has 0 aliphatic heterocycles. The Kier molecular flexibility index (Phi) is 4.04. The summed E-state index contributed by atoms with van der Waals surface area (Å²) < 4.78 is 0.984. The highest BCUT2D eigenvalue weighted by atomic mass is 79.9. The van der Waals surface area contributed by atoms with Crippen LogP contribution in [0, 0.1) is 0 Å². The third-order valence-corrected chi connectivity index (χ3v) is 1.89. The Labute approximate surface area is 93.0 Å². The molecule has 0 saturated carbocycles. The molecule has 0 saturated heterocycles. The summed E-state index contributed by atoms with van der Waals surface area (Å²) >= 11 is 3.33. The van der Waals surface area contributed by atoms with E-state index in [0.717, 1.165) is 10.2 Å². The SMILES string of the molecule is CC(C)(C)ONCc1ccc(Br)cn1. The van der Waals surface area contributed by atoms with E-state index in [4.69, 9.17) is 4.84 Å². The topological polar surface area (TPSA) is 34.1 Å². The van der Waals surface area contributed by atoms with Crippen molar-refractivity contribution >= 4 is 15.9 Å². The molecule has 0 fully saturated rings. The van der Waals surface area contributed by atoms with E-state index in [9.17, 15) is 0 Å². The molecule has 0 amide bonds. The molecule has 0 radical (unpaired) electrons. The van der Waals surface area contributed by atoms with Gasteiger partial charge in [-0.1, -0.05) is 0 Å². The molecule has 0 aliphatic carbocycles. The zero-order valence-electron chi connectivity index (χ0n) is 8.67. The summed E-state index contributed by atoms with van der Waals surface area (Å²) in [6.45, 7) is 6.60. The molecular weight excluding hydrogens is 244 g/mol. The summed E-state index contributed by atoms with van der Waals surface area (Å²) in [5.74, 6) is 0. The van der Waals surface area contributed by atoms with Crippen LogP contribution in [0.3, 0.4) is 0 Å². The summed E-state index contributed by atoms with van der Waals surface area (Å²) in [4.78, 5) is 9.57. The minimum absolute atomic E-state index is 0.171. The van der Waals surface area contributed by atoms with E-state index in [2.05, 4.69) is 26.4 Å². The van der Waals surface area contributed by atoms with E-state index in [-0.39, 0.29) is 5.60 Å². The number of nitrogens with zero attached hydrogens (tertiary/aromatic N) is 1. The van der Waals surface area contributed by atoms with E-state index in [1.807, 2.05) is 32.9 Å². The highest BCUT2D eigenvalue weighted by molar-refractivity contribution is 9.10. The maximum atomic E-state index is 5.36. The van der Waals surface area contributed by atoms with Crippen molar-refractivity contribution in [2.24, 2.45) is 0 Å². The molecule has 1 heterocycles. The molecular formula is C10H15BrN2O. The lowest BCUT2D eigenvalue weighted by atomic mass is 10.2. The Balaban J connectivity index is 2.35. The first-order valence-corrected chi connectivity index (χ1v) is 5.28. The predicted octanol–water partition coefficient (Wildman–Crippen LogP) is 2.66. The van der Waals surface area contributed by atoms with E-state index in [1.165, 1.54) is 0 Å². The summed E-state index contributed by atoms with van der Waals surface area (Å²) in [6, 6.07) is 3.91. The Bertz CT molecular complexity index is 279. The van der Waals surface area contributed by atoms with Crippen LogP contribution in [0.2, 0.25) is 0 Å². The first-order chi connectivity index (χ1) is 6.47. The number of aromatic nitrogens is 1. The van der Waals surface area contributed by atoms with Crippen LogP contribution in [0.15, 0.2) is 22.8 Å². The molecule has 4 heteroatoms. The quantitative estimate of drug-likeness (QED) is 0.847. The van der Waals surface area contributed by atoms with Gasteiger partial charge in [-0.05, 0) is 48.8 Å². The average Bonchev–Trinajstić information content (AvgIpc) is 2.06. The summed E-state index contributed by atoms with van der Waals surface area (Å²) in [6.07, 6.45) is 1.77. The Morgan fingerprint density at radius 3 is 2.64 bits per heavy atom. The minimum Gasteiger partial charge on any atom is -0.296 e. The monoisotopic (exact) mass is 258 g/mol. The van der Waals surface area contributed by atoms with Crippen LogP contribution in [0.4, 0.5) is 0 Å². The van der Waals surface area contributed by atoms with E-state index in [1.54, 1.807) is 6.20 Å². The molecule has 14 heavy (non-hydrogen) atoms. The molecule has 3 nitrogen and oxygen atoms in total. The van der Waals surface area contributed by atoms with Crippen LogP contribution < -0.4 is 5.48 Å². The molecule has 1 aromatic heterocycles. The largest absolute Gasteiger partial charge is 0.296 e. The zero-order valence-corrected chi connectivity index (χ0v) is 10.3. The van der Waals surface area contributed by atoms with Gasteiger partial charge in [-0.2, -0.15) is 5.48 Å². The number of halogens is 1. The lowest BCUT2D eigenvalue weighted by Crippen LogP contribution is -2.28. The maximum absolute atomic E-state index is 5.36. The van der Waals surface area contributed by atoms with Gasteiger partial charge in [-0.25, -0.2) is 0 Å². The lowest BCUT2D eigenvalue weighted by molar-refractivity contribution is -0.0761. The Morgan fingerprint density at radius 2 is 2.14 bits per heavy atom. The van der Waals surface area contributed by atoms with Gasteiger partial charge in [0.15, 0.2) is 0 Å². The molecule has 0 unspecified atom stereocenters. The second-order valence-electron chi connectivity index (χ2n) is 4.00. The Hall–Kier alpha value is -0.450. The van der Waals surface area contributed by atoms with Gasteiger partial charge in [0, 0.05) is 10.7 Å². The molecule has 1 rings (SSSR count). The standard InChI is InChI=1S/C10H15BrN2O/c1-10(2,3)14-13-7-9-5-4-8(11)6-12-9/h4-6,13H,7H2,1-3H3. The number of pyridine rings is 1. The number of hydroxylamine groups is 1. The van der Waals surface area contributed by atoms with Crippen LogP contribution in [-0.2, 0) is 11.4 Å². The van der Waals surface area contributed by atoms with Gasteiger partial charge in [-0.3, -0.25) is 9.82 Å². The minimum atomic E-state index is -0.171. The van der Waals surface area contributed by atoms with Gasteiger partial charge < -0.3 is 0 Å². The van der Waals surface area contributed by atoms with Gasteiger partial charge in [0.1, 0.15) is 0 Å². The van der Waals surface area contributed by atoms with E-state index < -0.39 is 0 Å². The number of rotatable bonds is 3. The first-order valence-electron chi connectivity index (χ1n) is 4.49. The van der Waals surface area contributed by atoms with Crippen LogP contribution in [0.25, 0.3) is 0 Å². The summed E-state index contributed by atoms with van der Waals surface area (Å²) in [5, 5.41) is 0. The molecule has 0 spiro atoms. The van der Waals surface area contributed by atoms with Gasteiger partial charge in [0.05, 0.1) is 17.8 Å². The molecule has 1 N–H and O–H groups in total. The lowest BCUT2D eigenvalue weighted by Gasteiger charge is -2.19. The van der Waals surface area contributed by atoms with E-state index in [0.29, 0.717) is 6.54 Å². The molecule has 78 valence electrons. The average molecular weight is 259 g/mol. The molecule has 0 aromatic carbocycles. The normalized spacial score (nSPS) is 11.7. The molecule has 1 aromatic rings. The van der Waals surface area contributed by atoms with Gasteiger partial charge in [0.2, 0.25) is 0 Å². The van der Waals surface area contributed by atoms with Crippen LogP contribution >= 0.6 is 15.9 Å². The fourth-order valence-electron chi connectivity index (χ4n) is 0.838. The maximum Gasteiger partial charge on any atom is 0.0813 e. The smallest absolute Gasteiger partial charge is 0.0813 e. The third kappa shape index (κ3) is 4.69. The number of hydrogen-bond acceptors (Lipinski definition) is 3. The second kappa shape index (κ2) is 4.87. The Morgan fingerprint density at radius 1 is 1.43 bits per heavy atom. The zero-order chi connectivity index (χ0) is 10.6. The van der Waals surface area contributed by atoms with Crippen molar-refractivity contribution in [1.82, 2.24) is 10.5 Å². The van der Waals surface area contributed by atoms with Crippen molar-refractivity contribution in [3.63, 3.8) is 0 Å². The van der Waals surface area contributed by atoms with Crippen LogP contribution in [-0.4, -0.2) is 10.6 Å². The third-order valence-electron chi connectivity index (χ3n) is 1.42. The summed E-state index contributed by atoms with van der Waals surface area (Å²) in [7, 11) is 0. The number of hydrogen-bond donors (Lipinski definition) is 1. The van der Waals surface area contributed by atoms with E-state index >= 15 is 0 Å². The predicted molar refractivity (Wildman–Crippen MR) is 59.6 cm³/mol. The van der Waals surface area contributed by atoms with Crippen molar-refractivity contribution in [3.8, 4) is 0 Å². The van der Waals surface area contributed by atoms with Crippen molar-refractivity contribution in [2.75, 3.05) is 0 Å². The first kappa shape index (κ1) is 11.6.